The van der Waals surface area contributed by atoms with Crippen LogP contribution in [0.2, 0.25) is 0 Å². The molecule has 0 radical (unpaired) electrons. The maximum absolute atomic E-state index is 12.0. The molecule has 0 unspecified atom stereocenters. The average Bonchev–Trinajstić information content (AvgIpc) is 2.88. The molecule has 108 valence electrons. The number of carbonyl (C=O) groups is 2. The molecule has 0 aromatic heterocycles. The van der Waals surface area contributed by atoms with Crippen molar-refractivity contribution in [2.24, 2.45) is 0 Å². The quantitative estimate of drug-likeness (QED) is 0.484. The van der Waals surface area contributed by atoms with Gasteiger partial charge in [-0.2, -0.15) is 5.26 Å². The van der Waals surface area contributed by atoms with Crippen LogP contribution in [-0.4, -0.2) is 29.1 Å². The number of hydrogen-bond donors (Lipinski definition) is 0. The lowest BCUT2D eigenvalue weighted by molar-refractivity contribution is -0.139. The van der Waals surface area contributed by atoms with Crippen LogP contribution >= 0.6 is 11.8 Å². The Morgan fingerprint density at radius 3 is 2.76 bits per heavy atom. The second kappa shape index (κ2) is 6.95. The Morgan fingerprint density at radius 2 is 2.14 bits per heavy atom. The lowest BCUT2D eigenvalue weighted by Gasteiger charge is -2.15. The number of ether oxygens (including phenoxy) is 1. The largest absolute Gasteiger partial charge is 0.457 e. The van der Waals surface area contributed by atoms with Crippen molar-refractivity contribution in [2.75, 3.05) is 12.3 Å². The summed E-state index contributed by atoms with van der Waals surface area (Å²) in [5, 5.41) is 9.59. The molecule has 6 heteroatoms. The molecule has 0 atom stereocenters. The van der Waals surface area contributed by atoms with E-state index in [-0.39, 0.29) is 23.8 Å². The zero-order chi connectivity index (χ0) is 15.2. The van der Waals surface area contributed by atoms with Crippen molar-refractivity contribution in [3.05, 3.63) is 46.5 Å². The van der Waals surface area contributed by atoms with Gasteiger partial charge in [0.25, 0.3) is 0 Å². The average molecular weight is 302 g/mol. The first-order chi connectivity index (χ1) is 10.2. The van der Waals surface area contributed by atoms with Crippen LogP contribution in [0.25, 0.3) is 0 Å². The molecular weight excluding hydrogens is 288 g/mol. The standard InChI is InChI=1S/C15H14N2O3S/c1-2-17-13(18)10-21-14(17)12(8-16)15(19)20-9-11-6-4-3-5-7-11/h3-7H,2,9-10H2,1H3/b14-12-. The highest BCUT2D eigenvalue weighted by molar-refractivity contribution is 8.04. The second-order valence-electron chi connectivity index (χ2n) is 4.28. The molecule has 5 nitrogen and oxygen atoms in total. The lowest BCUT2D eigenvalue weighted by Crippen LogP contribution is -2.26. The minimum atomic E-state index is -0.697. The monoisotopic (exact) mass is 302 g/mol. The molecule has 2 rings (SSSR count). The summed E-state index contributed by atoms with van der Waals surface area (Å²) in [6, 6.07) is 11.1. The van der Waals surface area contributed by atoms with Crippen molar-refractivity contribution in [3.63, 3.8) is 0 Å². The van der Waals surface area contributed by atoms with Crippen LogP contribution < -0.4 is 0 Å². The Hall–Kier alpha value is -2.26. The molecule has 1 aliphatic rings. The molecule has 0 spiro atoms. The second-order valence-corrected chi connectivity index (χ2v) is 5.24. The maximum Gasteiger partial charge on any atom is 0.351 e. The van der Waals surface area contributed by atoms with Crippen LogP contribution in [0.3, 0.4) is 0 Å². The van der Waals surface area contributed by atoms with Crippen LogP contribution in [0.5, 0.6) is 0 Å². The van der Waals surface area contributed by atoms with Crippen LogP contribution in [-0.2, 0) is 20.9 Å². The van der Waals surface area contributed by atoms with E-state index in [0.29, 0.717) is 11.6 Å². The lowest BCUT2D eigenvalue weighted by atomic mass is 10.2. The van der Waals surface area contributed by atoms with Crippen molar-refractivity contribution >= 4 is 23.6 Å². The molecule has 1 aromatic rings. The first-order valence-electron chi connectivity index (χ1n) is 6.46. The van der Waals surface area contributed by atoms with Gasteiger partial charge in [0.2, 0.25) is 5.91 Å². The van der Waals surface area contributed by atoms with E-state index in [0.717, 1.165) is 5.56 Å². The van der Waals surface area contributed by atoms with Gasteiger partial charge in [0.1, 0.15) is 17.7 Å². The molecule has 1 saturated heterocycles. The summed E-state index contributed by atoms with van der Waals surface area (Å²) in [5.74, 6) is -0.543. The topological polar surface area (TPSA) is 70.4 Å². The normalized spacial score (nSPS) is 16.6. The number of carbonyl (C=O) groups excluding carboxylic acids is 2. The third-order valence-corrected chi connectivity index (χ3v) is 4.03. The summed E-state index contributed by atoms with van der Waals surface area (Å²) in [6.45, 7) is 2.33. The molecule has 0 N–H and O–H groups in total. The van der Waals surface area contributed by atoms with E-state index in [1.807, 2.05) is 36.4 Å². The predicted molar refractivity (Wildman–Crippen MR) is 78.7 cm³/mol. The van der Waals surface area contributed by atoms with Crippen LogP contribution in [0.1, 0.15) is 12.5 Å². The molecule has 0 aliphatic carbocycles. The van der Waals surface area contributed by atoms with Gasteiger partial charge in [-0.1, -0.05) is 42.1 Å². The zero-order valence-electron chi connectivity index (χ0n) is 11.5. The number of amides is 1. The number of thioether (sulfide) groups is 1. The fourth-order valence-corrected chi connectivity index (χ4v) is 2.98. The van der Waals surface area contributed by atoms with Gasteiger partial charge in [0.15, 0.2) is 5.57 Å². The van der Waals surface area contributed by atoms with Crippen LogP contribution in [0.15, 0.2) is 40.9 Å². The van der Waals surface area contributed by atoms with Gasteiger partial charge >= 0.3 is 5.97 Å². The van der Waals surface area contributed by atoms with Crippen LogP contribution in [0.4, 0.5) is 0 Å². The van der Waals surface area contributed by atoms with Gasteiger partial charge in [0.05, 0.1) is 5.75 Å². The van der Waals surface area contributed by atoms with E-state index < -0.39 is 5.97 Å². The predicted octanol–water partition coefficient (Wildman–Crippen LogP) is 2.06. The minimum absolute atomic E-state index is 0.0962. The Bertz CT molecular complexity index is 620. The van der Waals surface area contributed by atoms with E-state index in [4.69, 9.17) is 4.74 Å². The van der Waals surface area contributed by atoms with E-state index in [1.54, 1.807) is 6.92 Å². The van der Waals surface area contributed by atoms with Crippen molar-refractivity contribution in [1.29, 1.82) is 5.26 Å². The van der Waals surface area contributed by atoms with Gasteiger partial charge in [0, 0.05) is 6.54 Å². The smallest absolute Gasteiger partial charge is 0.351 e. The molecule has 1 amide bonds. The summed E-state index contributed by atoms with van der Waals surface area (Å²) in [5.41, 5.74) is 0.735. The fraction of sp³-hybridized carbons (Fsp3) is 0.267. The third kappa shape index (κ3) is 3.44. The Labute approximate surface area is 127 Å². The van der Waals surface area contributed by atoms with E-state index in [2.05, 4.69) is 0 Å². The SMILES string of the molecule is CCN1C(=O)CS/C1=C(/C#N)C(=O)OCc1ccccc1. The zero-order valence-corrected chi connectivity index (χ0v) is 12.4. The first-order valence-corrected chi connectivity index (χ1v) is 7.44. The van der Waals surface area contributed by atoms with Gasteiger partial charge in [-0.15, -0.1) is 0 Å². The van der Waals surface area contributed by atoms with E-state index in [1.165, 1.54) is 16.7 Å². The van der Waals surface area contributed by atoms with Crippen molar-refractivity contribution in [3.8, 4) is 6.07 Å². The number of nitriles is 1. The minimum Gasteiger partial charge on any atom is -0.457 e. The molecule has 1 aromatic carbocycles. The highest BCUT2D eigenvalue weighted by Gasteiger charge is 2.31. The summed E-state index contributed by atoms with van der Waals surface area (Å²) < 4.78 is 5.15. The number of benzene rings is 1. The summed E-state index contributed by atoms with van der Waals surface area (Å²) >= 11 is 1.20. The van der Waals surface area contributed by atoms with Gasteiger partial charge in [-0.3, -0.25) is 4.79 Å². The summed E-state index contributed by atoms with van der Waals surface area (Å²) in [7, 11) is 0. The molecule has 1 fully saturated rings. The first kappa shape index (κ1) is 15.1. The van der Waals surface area contributed by atoms with Crippen molar-refractivity contribution < 1.29 is 14.3 Å². The molecule has 1 aliphatic heterocycles. The summed E-state index contributed by atoms with van der Waals surface area (Å²) in [6.07, 6.45) is 0. The van der Waals surface area contributed by atoms with Gasteiger partial charge in [-0.25, -0.2) is 4.79 Å². The number of nitrogens with zero attached hydrogens (tertiary/aromatic N) is 2. The third-order valence-electron chi connectivity index (χ3n) is 2.94. The fourth-order valence-electron chi connectivity index (χ4n) is 1.90. The maximum atomic E-state index is 12.0. The molecule has 0 bridgehead atoms. The highest BCUT2D eigenvalue weighted by atomic mass is 32.2. The van der Waals surface area contributed by atoms with Gasteiger partial charge in [-0.05, 0) is 12.5 Å². The van der Waals surface area contributed by atoms with Crippen molar-refractivity contribution in [2.45, 2.75) is 13.5 Å². The Kier molecular flexibility index (Phi) is 5.01. The van der Waals surface area contributed by atoms with E-state index >= 15 is 0 Å². The van der Waals surface area contributed by atoms with Crippen molar-refractivity contribution in [1.82, 2.24) is 4.90 Å². The number of hydrogen-bond acceptors (Lipinski definition) is 5. The summed E-state index contributed by atoms with van der Waals surface area (Å²) in [4.78, 5) is 25.1. The number of rotatable bonds is 4. The molecular formula is C15H14N2O3S. The molecule has 21 heavy (non-hydrogen) atoms. The Balaban J connectivity index is 2.12. The number of esters is 1. The van der Waals surface area contributed by atoms with Crippen LogP contribution in [0, 0.1) is 11.3 Å². The molecule has 1 heterocycles. The molecule has 0 saturated carbocycles. The Morgan fingerprint density at radius 1 is 1.43 bits per heavy atom. The van der Waals surface area contributed by atoms with Gasteiger partial charge < -0.3 is 9.64 Å². The van der Waals surface area contributed by atoms with E-state index in [9.17, 15) is 14.9 Å². The highest BCUT2D eigenvalue weighted by Crippen LogP contribution is 2.31.